The molecule has 0 aliphatic heterocycles. The number of unbranched alkanes of at least 4 members (excludes halogenated alkanes) is 2. The smallest absolute Gasteiger partial charge is 0.135 e. The second-order valence-corrected chi connectivity index (χ2v) is 5.23. The van der Waals surface area contributed by atoms with Gasteiger partial charge < -0.3 is 11.1 Å². The molecule has 3 N–H and O–H groups in total. The normalized spacial score (nSPS) is 12.7. The second kappa shape index (κ2) is 7.19. The van der Waals surface area contributed by atoms with Crippen molar-refractivity contribution in [1.29, 1.82) is 0 Å². The van der Waals surface area contributed by atoms with Gasteiger partial charge in [-0.05, 0) is 13.3 Å². The Hall–Kier alpha value is -1.32. The number of hydrogen-bond acceptors (Lipinski definition) is 4. The summed E-state index contributed by atoms with van der Waals surface area (Å²) in [5.74, 6) is 2.48. The monoisotopic (exact) mass is 250 g/mol. The van der Waals surface area contributed by atoms with Gasteiger partial charge in [0.15, 0.2) is 0 Å². The highest BCUT2D eigenvalue weighted by molar-refractivity contribution is 5.45. The topological polar surface area (TPSA) is 63.8 Å². The minimum absolute atomic E-state index is 0.296. The van der Waals surface area contributed by atoms with E-state index in [4.69, 9.17) is 5.73 Å². The van der Waals surface area contributed by atoms with E-state index in [9.17, 15) is 0 Å². The summed E-state index contributed by atoms with van der Waals surface area (Å²) in [6.45, 7) is 8.55. The van der Waals surface area contributed by atoms with Crippen LogP contribution in [0.2, 0.25) is 0 Å². The highest BCUT2D eigenvalue weighted by Crippen LogP contribution is 2.16. The summed E-state index contributed by atoms with van der Waals surface area (Å²) < 4.78 is 0. The van der Waals surface area contributed by atoms with Gasteiger partial charge in [-0.1, -0.05) is 40.0 Å². The van der Waals surface area contributed by atoms with E-state index in [0.717, 1.165) is 18.1 Å². The maximum Gasteiger partial charge on any atom is 0.135 e. The third-order valence-corrected chi connectivity index (χ3v) is 2.91. The molecule has 0 aliphatic carbocycles. The summed E-state index contributed by atoms with van der Waals surface area (Å²) >= 11 is 0. The van der Waals surface area contributed by atoms with Gasteiger partial charge in [-0.2, -0.15) is 0 Å². The first kappa shape index (κ1) is 14.7. The van der Waals surface area contributed by atoms with Crippen molar-refractivity contribution in [3.63, 3.8) is 0 Å². The second-order valence-electron chi connectivity index (χ2n) is 5.23. The third kappa shape index (κ3) is 4.90. The van der Waals surface area contributed by atoms with Gasteiger partial charge in [-0.25, -0.2) is 9.97 Å². The van der Waals surface area contributed by atoms with Gasteiger partial charge in [0.1, 0.15) is 17.5 Å². The lowest BCUT2D eigenvalue weighted by atomic mass is 10.1. The van der Waals surface area contributed by atoms with E-state index in [1.807, 2.05) is 6.07 Å². The Labute approximate surface area is 110 Å². The average Bonchev–Trinajstić information content (AvgIpc) is 2.28. The van der Waals surface area contributed by atoms with E-state index >= 15 is 0 Å². The van der Waals surface area contributed by atoms with Gasteiger partial charge in [0.2, 0.25) is 0 Å². The number of nitrogens with one attached hydrogen (secondary N) is 1. The van der Waals surface area contributed by atoms with Crippen molar-refractivity contribution in [3.8, 4) is 0 Å². The van der Waals surface area contributed by atoms with E-state index in [0.29, 0.717) is 17.8 Å². The van der Waals surface area contributed by atoms with Gasteiger partial charge in [0.25, 0.3) is 0 Å². The Bertz CT molecular complexity index is 363. The lowest BCUT2D eigenvalue weighted by Crippen LogP contribution is -2.17. The largest absolute Gasteiger partial charge is 0.384 e. The first-order chi connectivity index (χ1) is 8.52. The molecule has 0 amide bonds. The zero-order valence-corrected chi connectivity index (χ0v) is 12.0. The molecule has 0 spiro atoms. The molecule has 1 atom stereocenters. The molecule has 0 radical (unpaired) electrons. The Kier molecular flexibility index (Phi) is 5.89. The molecule has 4 nitrogen and oxygen atoms in total. The molecular weight excluding hydrogens is 224 g/mol. The minimum Gasteiger partial charge on any atom is -0.384 e. The molecule has 4 heteroatoms. The molecule has 0 saturated heterocycles. The van der Waals surface area contributed by atoms with Gasteiger partial charge >= 0.3 is 0 Å². The molecule has 1 unspecified atom stereocenters. The molecular formula is C14H26N4. The van der Waals surface area contributed by atoms with Crippen molar-refractivity contribution in [2.24, 2.45) is 0 Å². The number of rotatable bonds is 7. The van der Waals surface area contributed by atoms with E-state index in [1.165, 1.54) is 19.3 Å². The van der Waals surface area contributed by atoms with Crippen LogP contribution in [0, 0.1) is 0 Å². The van der Waals surface area contributed by atoms with Gasteiger partial charge in [-0.3, -0.25) is 0 Å². The Morgan fingerprint density at radius 2 is 1.94 bits per heavy atom. The molecule has 0 saturated carbocycles. The van der Waals surface area contributed by atoms with Gasteiger partial charge in [-0.15, -0.1) is 0 Å². The van der Waals surface area contributed by atoms with E-state index in [1.54, 1.807) is 0 Å². The highest BCUT2D eigenvalue weighted by atomic mass is 15.1. The van der Waals surface area contributed by atoms with Crippen molar-refractivity contribution in [1.82, 2.24) is 9.97 Å². The SMILES string of the molecule is CCCCCC(C)Nc1cc(N)nc(C(C)C)n1. The van der Waals surface area contributed by atoms with Crippen LogP contribution in [0.25, 0.3) is 0 Å². The number of anilines is 2. The van der Waals surface area contributed by atoms with Crippen molar-refractivity contribution < 1.29 is 0 Å². The first-order valence-electron chi connectivity index (χ1n) is 6.94. The number of nitrogens with two attached hydrogens (primary N) is 1. The van der Waals surface area contributed by atoms with Gasteiger partial charge in [0.05, 0.1) is 0 Å². The number of hydrogen-bond donors (Lipinski definition) is 2. The van der Waals surface area contributed by atoms with E-state index < -0.39 is 0 Å². The van der Waals surface area contributed by atoms with Crippen molar-refractivity contribution in [2.45, 2.75) is 65.3 Å². The van der Waals surface area contributed by atoms with Crippen LogP contribution in [-0.2, 0) is 0 Å². The maximum atomic E-state index is 5.80. The van der Waals surface area contributed by atoms with E-state index in [2.05, 4.69) is 43.0 Å². The molecule has 1 heterocycles. The Morgan fingerprint density at radius 1 is 1.22 bits per heavy atom. The van der Waals surface area contributed by atoms with Crippen LogP contribution < -0.4 is 11.1 Å². The maximum absolute atomic E-state index is 5.80. The Balaban J connectivity index is 2.60. The number of nitrogens with zero attached hydrogens (tertiary/aromatic N) is 2. The molecule has 0 aromatic carbocycles. The average molecular weight is 250 g/mol. The van der Waals surface area contributed by atoms with Crippen LogP contribution in [0.4, 0.5) is 11.6 Å². The minimum atomic E-state index is 0.296. The Morgan fingerprint density at radius 3 is 2.56 bits per heavy atom. The van der Waals surface area contributed by atoms with Crippen LogP contribution >= 0.6 is 0 Å². The predicted octanol–water partition coefficient (Wildman–Crippen LogP) is 3.56. The fourth-order valence-corrected chi connectivity index (χ4v) is 1.84. The number of nitrogen functional groups attached to an aromatic ring is 1. The molecule has 1 aromatic heterocycles. The highest BCUT2D eigenvalue weighted by Gasteiger charge is 2.08. The molecule has 1 aromatic rings. The van der Waals surface area contributed by atoms with Crippen LogP contribution in [0.3, 0.4) is 0 Å². The molecule has 18 heavy (non-hydrogen) atoms. The fraction of sp³-hybridized carbons (Fsp3) is 0.714. The summed E-state index contributed by atoms with van der Waals surface area (Å²) in [5.41, 5.74) is 5.80. The lowest BCUT2D eigenvalue weighted by Gasteiger charge is -2.15. The summed E-state index contributed by atoms with van der Waals surface area (Å²) in [5, 5.41) is 3.41. The number of aromatic nitrogens is 2. The summed E-state index contributed by atoms with van der Waals surface area (Å²) in [6.07, 6.45) is 4.96. The summed E-state index contributed by atoms with van der Waals surface area (Å²) in [7, 11) is 0. The molecule has 0 bridgehead atoms. The van der Waals surface area contributed by atoms with Crippen LogP contribution in [0.15, 0.2) is 6.07 Å². The fourth-order valence-electron chi connectivity index (χ4n) is 1.84. The molecule has 102 valence electrons. The van der Waals surface area contributed by atoms with Crippen molar-refractivity contribution in [3.05, 3.63) is 11.9 Å². The third-order valence-electron chi connectivity index (χ3n) is 2.91. The van der Waals surface area contributed by atoms with Gasteiger partial charge in [0, 0.05) is 18.0 Å². The quantitative estimate of drug-likeness (QED) is 0.726. The molecule has 1 rings (SSSR count). The van der Waals surface area contributed by atoms with Crippen LogP contribution in [0.1, 0.15) is 65.1 Å². The molecule has 0 aliphatic rings. The predicted molar refractivity (Wildman–Crippen MR) is 77.8 cm³/mol. The van der Waals surface area contributed by atoms with E-state index in [-0.39, 0.29) is 0 Å². The zero-order valence-electron chi connectivity index (χ0n) is 12.0. The standard InChI is InChI=1S/C14H26N4/c1-5-6-7-8-11(4)16-13-9-12(15)17-14(18-13)10(2)3/h9-11H,5-8H2,1-4H3,(H3,15,16,17,18). The molecule has 0 fully saturated rings. The van der Waals surface area contributed by atoms with Crippen LogP contribution in [-0.4, -0.2) is 16.0 Å². The summed E-state index contributed by atoms with van der Waals surface area (Å²) in [6, 6.07) is 2.23. The van der Waals surface area contributed by atoms with Crippen LogP contribution in [0.5, 0.6) is 0 Å². The summed E-state index contributed by atoms with van der Waals surface area (Å²) in [4.78, 5) is 8.74. The van der Waals surface area contributed by atoms with Crippen molar-refractivity contribution in [2.75, 3.05) is 11.1 Å². The zero-order chi connectivity index (χ0) is 13.5. The lowest BCUT2D eigenvalue weighted by molar-refractivity contribution is 0.613. The first-order valence-corrected chi connectivity index (χ1v) is 6.94. The van der Waals surface area contributed by atoms with Crippen molar-refractivity contribution >= 4 is 11.6 Å².